The van der Waals surface area contributed by atoms with Crippen molar-refractivity contribution in [2.24, 2.45) is 11.1 Å². The minimum absolute atomic E-state index is 0.0845. The van der Waals surface area contributed by atoms with Gasteiger partial charge in [-0.2, -0.15) is 0 Å². The van der Waals surface area contributed by atoms with Crippen molar-refractivity contribution in [3.8, 4) is 0 Å². The fraction of sp³-hybridized carbons (Fsp3) is 0.889. The third-order valence-corrected chi connectivity index (χ3v) is 2.78. The topological polar surface area (TPSA) is 58.4 Å². The molecule has 1 rings (SSSR count). The molecule has 4 nitrogen and oxygen atoms in total. The molecule has 3 N–H and O–H groups in total. The fourth-order valence-electron chi connectivity index (χ4n) is 1.71. The lowest BCUT2D eigenvalue weighted by molar-refractivity contribution is -0.121. The van der Waals surface area contributed by atoms with E-state index in [2.05, 4.69) is 17.1 Å². The van der Waals surface area contributed by atoms with E-state index in [4.69, 9.17) is 5.73 Å². The van der Waals surface area contributed by atoms with Gasteiger partial charge in [0, 0.05) is 13.6 Å². The summed E-state index contributed by atoms with van der Waals surface area (Å²) in [6.07, 6.45) is 1.10. The van der Waals surface area contributed by atoms with Gasteiger partial charge >= 0.3 is 0 Å². The Morgan fingerprint density at radius 3 is 2.85 bits per heavy atom. The quantitative estimate of drug-likeness (QED) is 0.617. The molecule has 0 radical (unpaired) electrons. The molecule has 0 bridgehead atoms. The zero-order chi connectivity index (χ0) is 9.90. The molecule has 0 spiro atoms. The van der Waals surface area contributed by atoms with E-state index in [1.807, 2.05) is 0 Å². The van der Waals surface area contributed by atoms with Crippen molar-refractivity contribution in [3.05, 3.63) is 0 Å². The van der Waals surface area contributed by atoms with Gasteiger partial charge in [-0.1, -0.05) is 6.92 Å². The summed E-state index contributed by atoms with van der Waals surface area (Å²) in [4.78, 5) is 13.2. The molecule has 1 aliphatic rings. The van der Waals surface area contributed by atoms with Crippen molar-refractivity contribution in [1.29, 1.82) is 0 Å². The van der Waals surface area contributed by atoms with Gasteiger partial charge in [0.2, 0.25) is 5.91 Å². The smallest absolute Gasteiger partial charge is 0.233 e. The van der Waals surface area contributed by atoms with Crippen LogP contribution in [0.15, 0.2) is 0 Å². The molecule has 4 heteroatoms. The maximum atomic E-state index is 11.1. The standard InChI is InChI=1S/C9H19N3O/c1-9(6-10)3-4-12(7-9)5-8(13)11-2/h3-7,10H2,1-2H3,(H,11,13). The van der Waals surface area contributed by atoms with Crippen molar-refractivity contribution in [2.45, 2.75) is 13.3 Å². The number of rotatable bonds is 3. The fourth-order valence-corrected chi connectivity index (χ4v) is 1.71. The minimum Gasteiger partial charge on any atom is -0.358 e. The first kappa shape index (κ1) is 10.5. The number of amides is 1. The van der Waals surface area contributed by atoms with Crippen LogP contribution in [0, 0.1) is 5.41 Å². The first-order valence-corrected chi connectivity index (χ1v) is 4.73. The second-order valence-corrected chi connectivity index (χ2v) is 4.15. The van der Waals surface area contributed by atoms with E-state index >= 15 is 0 Å². The molecule has 1 amide bonds. The van der Waals surface area contributed by atoms with Crippen LogP contribution in [0.3, 0.4) is 0 Å². The van der Waals surface area contributed by atoms with Crippen molar-refractivity contribution in [3.63, 3.8) is 0 Å². The predicted octanol–water partition coefficient (Wildman–Crippen LogP) is -0.597. The average Bonchev–Trinajstić information content (AvgIpc) is 2.48. The number of nitrogens with one attached hydrogen (secondary N) is 1. The van der Waals surface area contributed by atoms with Gasteiger partial charge in [0.15, 0.2) is 0 Å². The lowest BCUT2D eigenvalue weighted by Crippen LogP contribution is -2.37. The van der Waals surface area contributed by atoms with Crippen LogP contribution in [0.25, 0.3) is 0 Å². The summed E-state index contributed by atoms with van der Waals surface area (Å²) in [6.45, 7) is 5.32. The van der Waals surface area contributed by atoms with Gasteiger partial charge in [0.05, 0.1) is 6.54 Å². The molecule has 1 atom stereocenters. The molecule has 1 heterocycles. The van der Waals surface area contributed by atoms with Gasteiger partial charge < -0.3 is 11.1 Å². The monoisotopic (exact) mass is 185 g/mol. The summed E-state index contributed by atoms with van der Waals surface area (Å²) >= 11 is 0. The molecule has 0 aromatic heterocycles. The van der Waals surface area contributed by atoms with Gasteiger partial charge in [0.1, 0.15) is 0 Å². The summed E-state index contributed by atoms with van der Waals surface area (Å²) < 4.78 is 0. The Morgan fingerprint density at radius 1 is 1.69 bits per heavy atom. The Labute approximate surface area is 79.5 Å². The number of hydrogen-bond donors (Lipinski definition) is 2. The van der Waals surface area contributed by atoms with Gasteiger partial charge in [0.25, 0.3) is 0 Å². The van der Waals surface area contributed by atoms with Crippen molar-refractivity contribution in [1.82, 2.24) is 10.2 Å². The lowest BCUT2D eigenvalue weighted by Gasteiger charge is -2.21. The van der Waals surface area contributed by atoms with E-state index in [-0.39, 0.29) is 11.3 Å². The highest BCUT2D eigenvalue weighted by molar-refractivity contribution is 5.77. The second-order valence-electron chi connectivity index (χ2n) is 4.15. The van der Waals surface area contributed by atoms with Crippen LogP contribution in [0.2, 0.25) is 0 Å². The van der Waals surface area contributed by atoms with E-state index in [0.717, 1.165) is 19.5 Å². The molecule has 76 valence electrons. The highest BCUT2D eigenvalue weighted by Crippen LogP contribution is 2.27. The molecule has 1 fully saturated rings. The summed E-state index contributed by atoms with van der Waals surface area (Å²) in [5.74, 6) is 0.0845. The molecule has 1 unspecified atom stereocenters. The minimum atomic E-state index is 0.0845. The van der Waals surface area contributed by atoms with E-state index in [1.54, 1.807) is 7.05 Å². The van der Waals surface area contributed by atoms with Gasteiger partial charge in [-0.15, -0.1) is 0 Å². The molecule has 1 aliphatic heterocycles. The van der Waals surface area contributed by atoms with Crippen LogP contribution in [0.5, 0.6) is 0 Å². The van der Waals surface area contributed by atoms with Gasteiger partial charge in [-0.3, -0.25) is 9.69 Å². The first-order chi connectivity index (χ1) is 6.09. The van der Waals surface area contributed by atoms with E-state index in [1.165, 1.54) is 0 Å². The third kappa shape index (κ3) is 2.67. The van der Waals surface area contributed by atoms with Gasteiger partial charge in [-0.05, 0) is 24.9 Å². The largest absolute Gasteiger partial charge is 0.358 e. The molecular weight excluding hydrogens is 166 g/mol. The summed E-state index contributed by atoms with van der Waals surface area (Å²) in [6, 6.07) is 0. The number of carbonyl (C=O) groups is 1. The normalized spacial score (nSPS) is 29.2. The summed E-state index contributed by atoms with van der Waals surface area (Å²) in [7, 11) is 1.67. The molecule has 0 aromatic carbocycles. The average molecular weight is 185 g/mol. The summed E-state index contributed by atoms with van der Waals surface area (Å²) in [5.41, 5.74) is 5.88. The number of carbonyl (C=O) groups excluding carboxylic acids is 1. The second kappa shape index (κ2) is 4.07. The Kier molecular flexibility index (Phi) is 3.27. The van der Waals surface area contributed by atoms with Crippen LogP contribution in [0.4, 0.5) is 0 Å². The van der Waals surface area contributed by atoms with Crippen molar-refractivity contribution >= 4 is 5.91 Å². The highest BCUT2D eigenvalue weighted by atomic mass is 16.1. The number of hydrogen-bond acceptors (Lipinski definition) is 3. The Balaban J connectivity index is 2.37. The molecule has 0 aromatic rings. The molecule has 13 heavy (non-hydrogen) atoms. The van der Waals surface area contributed by atoms with Crippen LogP contribution in [0.1, 0.15) is 13.3 Å². The van der Waals surface area contributed by atoms with Crippen LogP contribution in [-0.2, 0) is 4.79 Å². The molecule has 0 aliphatic carbocycles. The Morgan fingerprint density at radius 2 is 2.38 bits per heavy atom. The lowest BCUT2D eigenvalue weighted by atomic mass is 9.90. The SMILES string of the molecule is CNC(=O)CN1CCC(C)(CN)C1. The molecular formula is C9H19N3O. The first-order valence-electron chi connectivity index (χ1n) is 4.73. The number of nitrogens with zero attached hydrogens (tertiary/aromatic N) is 1. The van der Waals surface area contributed by atoms with Crippen LogP contribution in [-0.4, -0.2) is 44.0 Å². The highest BCUT2D eigenvalue weighted by Gasteiger charge is 2.32. The van der Waals surface area contributed by atoms with Crippen molar-refractivity contribution < 1.29 is 4.79 Å². The zero-order valence-electron chi connectivity index (χ0n) is 8.47. The maximum Gasteiger partial charge on any atom is 0.233 e. The molecule has 0 saturated carbocycles. The van der Waals surface area contributed by atoms with E-state index in [9.17, 15) is 4.79 Å². The van der Waals surface area contributed by atoms with Crippen LogP contribution < -0.4 is 11.1 Å². The third-order valence-electron chi connectivity index (χ3n) is 2.78. The zero-order valence-corrected chi connectivity index (χ0v) is 8.47. The Hall–Kier alpha value is -0.610. The van der Waals surface area contributed by atoms with Crippen LogP contribution >= 0.6 is 0 Å². The summed E-state index contributed by atoms with van der Waals surface area (Å²) in [5, 5.41) is 2.63. The number of likely N-dealkylation sites (N-methyl/N-ethyl adjacent to an activating group) is 1. The van der Waals surface area contributed by atoms with E-state index in [0.29, 0.717) is 13.1 Å². The van der Waals surface area contributed by atoms with E-state index < -0.39 is 0 Å². The van der Waals surface area contributed by atoms with Gasteiger partial charge in [-0.25, -0.2) is 0 Å². The number of likely N-dealkylation sites (tertiary alicyclic amines) is 1. The predicted molar refractivity (Wildman–Crippen MR) is 52.3 cm³/mol. The molecule has 1 saturated heterocycles. The van der Waals surface area contributed by atoms with Crippen molar-refractivity contribution in [2.75, 3.05) is 33.2 Å². The Bertz CT molecular complexity index is 195. The number of nitrogens with two attached hydrogens (primary N) is 1. The maximum absolute atomic E-state index is 11.1.